The number of piperazine rings is 1. The topological polar surface area (TPSA) is 88.7 Å². The average Bonchev–Trinajstić information content (AvgIpc) is 3.59. The van der Waals surface area contributed by atoms with E-state index in [9.17, 15) is 9.59 Å². The van der Waals surface area contributed by atoms with Crippen molar-refractivity contribution in [2.45, 2.75) is 39.7 Å². The Bertz CT molecular complexity index is 1690. The lowest BCUT2D eigenvalue weighted by Crippen LogP contribution is -2.46. The van der Waals surface area contributed by atoms with E-state index in [2.05, 4.69) is 43.9 Å². The number of ketones is 1. The van der Waals surface area contributed by atoms with Gasteiger partial charge in [-0.15, -0.1) is 0 Å². The second-order valence-corrected chi connectivity index (χ2v) is 12.3. The van der Waals surface area contributed by atoms with Crippen LogP contribution in [0.4, 0.5) is 16.3 Å². The van der Waals surface area contributed by atoms with E-state index in [1.807, 2.05) is 64.5 Å². The van der Waals surface area contributed by atoms with Crippen LogP contribution in [-0.2, 0) is 11.8 Å². The van der Waals surface area contributed by atoms with E-state index >= 15 is 0 Å². The van der Waals surface area contributed by atoms with Gasteiger partial charge in [0, 0.05) is 75.5 Å². The fourth-order valence-corrected chi connectivity index (χ4v) is 5.76. The summed E-state index contributed by atoms with van der Waals surface area (Å²) in [4.78, 5) is 36.0. The number of benzene rings is 1. The highest BCUT2D eigenvalue weighted by molar-refractivity contribution is 5.94. The van der Waals surface area contributed by atoms with Gasteiger partial charge in [-0.1, -0.05) is 6.08 Å². The van der Waals surface area contributed by atoms with Gasteiger partial charge >= 0.3 is 6.09 Å². The van der Waals surface area contributed by atoms with Gasteiger partial charge in [-0.25, -0.2) is 9.78 Å². The second kappa shape index (κ2) is 11.2. The van der Waals surface area contributed by atoms with Gasteiger partial charge in [0.2, 0.25) is 0 Å². The van der Waals surface area contributed by atoms with Crippen LogP contribution >= 0.6 is 0 Å². The number of hydrogen-bond acceptors (Lipinski definition) is 7. The molecule has 0 spiro atoms. The van der Waals surface area contributed by atoms with Crippen molar-refractivity contribution in [3.8, 4) is 5.69 Å². The van der Waals surface area contributed by atoms with E-state index in [-0.39, 0.29) is 11.9 Å². The molecular weight excluding hydrogens is 542 g/mol. The molecule has 0 atom stereocenters. The number of Topliss-reactive ketones (excluding diaryl/α,β-unsaturated/α-hetero) is 1. The lowest BCUT2D eigenvalue weighted by Gasteiger charge is -2.36. The molecule has 0 bridgehead atoms. The number of carbonyl (C=O) groups excluding carboxylic acids is 2. The van der Waals surface area contributed by atoms with Crippen LogP contribution in [0.5, 0.6) is 0 Å². The zero-order valence-electron chi connectivity index (χ0n) is 25.6. The Morgan fingerprint density at radius 1 is 0.884 bits per heavy atom. The number of fused-ring (bicyclic) bond motifs is 1. The Labute approximate surface area is 252 Å². The molecule has 1 fully saturated rings. The fraction of sp³-hybridized carbons (Fsp3) is 0.394. The smallest absolute Gasteiger partial charge is 0.410 e. The number of aryl methyl sites for hydroxylation is 1. The van der Waals surface area contributed by atoms with Gasteiger partial charge in [0.1, 0.15) is 11.4 Å². The number of amides is 1. The van der Waals surface area contributed by atoms with Crippen LogP contribution in [0.1, 0.15) is 50.0 Å². The van der Waals surface area contributed by atoms with Crippen LogP contribution < -0.4 is 9.80 Å². The molecule has 43 heavy (non-hydrogen) atoms. The van der Waals surface area contributed by atoms with Gasteiger partial charge in [-0.3, -0.25) is 9.48 Å². The van der Waals surface area contributed by atoms with Gasteiger partial charge in [-0.2, -0.15) is 5.10 Å². The predicted molar refractivity (Wildman–Crippen MR) is 169 cm³/mol. The first kappa shape index (κ1) is 28.5. The van der Waals surface area contributed by atoms with Gasteiger partial charge < -0.3 is 24.0 Å². The molecule has 3 aromatic heterocycles. The van der Waals surface area contributed by atoms with Gasteiger partial charge in [0.25, 0.3) is 0 Å². The lowest BCUT2D eigenvalue weighted by molar-refractivity contribution is 0.0270. The highest BCUT2D eigenvalue weighted by Crippen LogP contribution is 2.34. The lowest BCUT2D eigenvalue weighted by atomic mass is 10.0. The van der Waals surface area contributed by atoms with Crippen molar-refractivity contribution in [3.05, 3.63) is 72.2 Å². The van der Waals surface area contributed by atoms with Crippen LogP contribution in [-0.4, -0.2) is 81.0 Å². The second-order valence-electron chi connectivity index (χ2n) is 12.3. The summed E-state index contributed by atoms with van der Waals surface area (Å²) < 4.78 is 9.55. The zero-order valence-corrected chi connectivity index (χ0v) is 25.6. The third-order valence-electron chi connectivity index (χ3n) is 8.05. The van der Waals surface area contributed by atoms with Crippen LogP contribution in [0.3, 0.4) is 0 Å². The standard InChI is InChI=1S/C33H39N7O3/c1-23(41)24-6-8-26(9-7-24)37-16-18-38(19-17-37)30-11-10-29-31(35-30)28(22-40(29)27-20-34-36(5)21-27)25-12-14-39(15-13-25)32(42)43-33(2,3)4/h6-12,20-22H,13-19H2,1-5H3. The quantitative estimate of drug-likeness (QED) is 0.295. The van der Waals surface area contributed by atoms with Crippen molar-refractivity contribution in [1.29, 1.82) is 0 Å². The minimum absolute atomic E-state index is 0.0823. The third-order valence-corrected chi connectivity index (χ3v) is 8.05. The minimum atomic E-state index is -0.524. The molecule has 224 valence electrons. The first-order chi connectivity index (χ1) is 20.6. The largest absolute Gasteiger partial charge is 0.444 e. The molecule has 0 aliphatic carbocycles. The molecule has 4 aromatic rings. The number of nitrogens with zero attached hydrogens (tertiary/aromatic N) is 7. The summed E-state index contributed by atoms with van der Waals surface area (Å²) in [7, 11) is 1.92. The molecule has 10 nitrogen and oxygen atoms in total. The van der Waals surface area contributed by atoms with Crippen molar-refractivity contribution < 1.29 is 14.3 Å². The van der Waals surface area contributed by atoms with Crippen molar-refractivity contribution in [2.75, 3.05) is 49.1 Å². The highest BCUT2D eigenvalue weighted by Gasteiger charge is 2.26. The third kappa shape index (κ3) is 6.00. The number of carbonyl (C=O) groups is 2. The molecule has 0 radical (unpaired) electrons. The van der Waals surface area contributed by atoms with Crippen LogP contribution in [0.2, 0.25) is 0 Å². The van der Waals surface area contributed by atoms with E-state index in [1.54, 1.807) is 16.5 Å². The molecule has 2 aliphatic rings. The first-order valence-electron chi connectivity index (χ1n) is 14.8. The molecule has 2 aliphatic heterocycles. The molecular formula is C33H39N7O3. The molecule has 0 unspecified atom stereocenters. The fourth-order valence-electron chi connectivity index (χ4n) is 5.76. The zero-order chi connectivity index (χ0) is 30.3. The van der Waals surface area contributed by atoms with E-state index in [0.717, 1.165) is 72.0 Å². The molecule has 1 aromatic carbocycles. The Kier molecular flexibility index (Phi) is 7.45. The molecule has 6 rings (SSSR count). The maximum absolute atomic E-state index is 12.7. The maximum Gasteiger partial charge on any atom is 0.410 e. The Hall–Kier alpha value is -4.60. The summed E-state index contributed by atoms with van der Waals surface area (Å²) in [6.07, 6.45) is 8.57. The number of aromatic nitrogens is 4. The molecule has 5 heterocycles. The van der Waals surface area contributed by atoms with Crippen molar-refractivity contribution >= 4 is 40.0 Å². The summed E-state index contributed by atoms with van der Waals surface area (Å²) >= 11 is 0. The number of ether oxygens (including phenoxy) is 1. The number of pyridine rings is 1. The van der Waals surface area contributed by atoms with Gasteiger partial charge in [0.05, 0.1) is 22.9 Å². The van der Waals surface area contributed by atoms with Gasteiger partial charge in [-0.05, 0) is 76.1 Å². The van der Waals surface area contributed by atoms with E-state index in [4.69, 9.17) is 9.72 Å². The molecule has 0 saturated carbocycles. The monoisotopic (exact) mass is 581 g/mol. The van der Waals surface area contributed by atoms with E-state index in [1.165, 1.54) is 5.57 Å². The predicted octanol–water partition coefficient (Wildman–Crippen LogP) is 5.31. The van der Waals surface area contributed by atoms with Crippen molar-refractivity contribution in [2.24, 2.45) is 7.05 Å². The normalized spacial score (nSPS) is 16.0. The Morgan fingerprint density at radius 3 is 2.21 bits per heavy atom. The van der Waals surface area contributed by atoms with Crippen LogP contribution in [0.15, 0.2) is 61.1 Å². The summed E-state index contributed by atoms with van der Waals surface area (Å²) in [5.74, 6) is 1.04. The van der Waals surface area contributed by atoms with Crippen LogP contribution in [0, 0.1) is 0 Å². The summed E-state index contributed by atoms with van der Waals surface area (Å²) in [6, 6.07) is 12.1. The SMILES string of the molecule is CC(=O)c1ccc(N2CCN(c3ccc4c(n3)c(C3=CCN(C(=O)OC(C)(C)C)CC3)cn4-c3cnn(C)c3)CC2)cc1. The highest BCUT2D eigenvalue weighted by atomic mass is 16.6. The summed E-state index contributed by atoms with van der Waals surface area (Å²) in [5.41, 5.74) is 6.54. The Balaban J connectivity index is 1.26. The molecule has 0 N–H and O–H groups in total. The average molecular weight is 582 g/mol. The van der Waals surface area contributed by atoms with Crippen molar-refractivity contribution in [3.63, 3.8) is 0 Å². The number of rotatable bonds is 5. The molecule has 10 heteroatoms. The van der Waals surface area contributed by atoms with E-state index < -0.39 is 5.60 Å². The first-order valence-corrected chi connectivity index (χ1v) is 14.8. The number of anilines is 2. The maximum atomic E-state index is 12.7. The summed E-state index contributed by atoms with van der Waals surface area (Å²) in [5, 5.41) is 4.39. The van der Waals surface area contributed by atoms with E-state index in [0.29, 0.717) is 13.1 Å². The Morgan fingerprint density at radius 2 is 1.60 bits per heavy atom. The molecule has 1 amide bonds. The number of hydrogen-bond donors (Lipinski definition) is 0. The van der Waals surface area contributed by atoms with Crippen molar-refractivity contribution in [1.82, 2.24) is 24.2 Å². The molecule has 1 saturated heterocycles. The minimum Gasteiger partial charge on any atom is -0.444 e. The van der Waals surface area contributed by atoms with Gasteiger partial charge in [0.15, 0.2) is 5.78 Å². The summed E-state index contributed by atoms with van der Waals surface area (Å²) in [6.45, 7) is 11.8. The van der Waals surface area contributed by atoms with Crippen LogP contribution in [0.25, 0.3) is 22.3 Å².